The summed E-state index contributed by atoms with van der Waals surface area (Å²) in [6.07, 6.45) is 12.7. The van der Waals surface area contributed by atoms with Gasteiger partial charge in [-0.05, 0) is 198 Å². The molecule has 0 bridgehead atoms. The standard InChI is InChI=1S/C57H70N4O8/c1-32-23-58-44(40-19-52-48(15-36(32)40)62-28-66-52)5-9-56(10-6-45-41-20-53-49(63-29-67-53)16-37(41)33(2)24-59-45)13-14-57(27-56,11-7-46-42-21-54-50(64-30-68-54)17-38(42)34(3)25-60-46)12-8-47-43-22-55-51(65-31-69-55)18-39(43)35(4)26-61-47/h15-22,32-35,44-47,58-61H,5-14,23-31H2,1-4H3. The average molecular weight is 939 g/mol. The zero-order valence-electron chi connectivity index (χ0n) is 40.9. The third-order valence-electron chi connectivity index (χ3n) is 18.4. The van der Waals surface area contributed by atoms with E-state index in [0.717, 1.165) is 97.9 Å². The van der Waals surface area contributed by atoms with Crippen LogP contribution in [-0.2, 0) is 0 Å². The van der Waals surface area contributed by atoms with Crippen LogP contribution in [0.2, 0.25) is 0 Å². The molecular formula is C57H70N4O8. The molecule has 0 saturated heterocycles. The minimum absolute atomic E-state index is 0.166. The van der Waals surface area contributed by atoms with Crippen LogP contribution in [0.3, 0.4) is 0 Å². The number of rotatable bonds is 12. The van der Waals surface area contributed by atoms with Gasteiger partial charge in [0.1, 0.15) is 0 Å². The van der Waals surface area contributed by atoms with Crippen molar-refractivity contribution in [3.63, 3.8) is 0 Å². The molecule has 12 nitrogen and oxygen atoms in total. The van der Waals surface area contributed by atoms with E-state index in [1.165, 1.54) is 89.5 Å². The van der Waals surface area contributed by atoms with E-state index in [1.807, 2.05) is 0 Å². The first-order chi connectivity index (χ1) is 33.7. The molecule has 13 rings (SSSR count). The second kappa shape index (κ2) is 17.5. The molecule has 0 aromatic heterocycles. The first-order valence-corrected chi connectivity index (χ1v) is 26.3. The predicted molar refractivity (Wildman–Crippen MR) is 263 cm³/mol. The van der Waals surface area contributed by atoms with E-state index in [4.69, 9.17) is 37.9 Å². The van der Waals surface area contributed by atoms with Gasteiger partial charge in [0.25, 0.3) is 0 Å². The summed E-state index contributed by atoms with van der Waals surface area (Å²) < 4.78 is 47.5. The zero-order chi connectivity index (χ0) is 46.4. The molecule has 0 spiro atoms. The fourth-order valence-electron chi connectivity index (χ4n) is 14.4. The third kappa shape index (κ3) is 7.96. The van der Waals surface area contributed by atoms with Crippen molar-refractivity contribution in [3.8, 4) is 46.0 Å². The van der Waals surface area contributed by atoms with Gasteiger partial charge in [-0.3, -0.25) is 0 Å². The highest BCUT2D eigenvalue weighted by molar-refractivity contribution is 5.55. The SMILES string of the molecule is CC1CNC(CCC2(CCC3NCC(C)c4cc5c(cc43)OCO5)CCC(CCC3NCC(C)c4cc5c(cc43)OCO5)(CCC3NCC(C)c4cc5c(cc43)OCO5)C2)c2cc3c(cc21)OCO3. The Bertz CT molecular complexity index is 2290. The summed E-state index contributed by atoms with van der Waals surface area (Å²) in [7, 11) is 0. The van der Waals surface area contributed by atoms with Crippen LogP contribution in [0.5, 0.6) is 46.0 Å². The summed E-state index contributed by atoms with van der Waals surface area (Å²) >= 11 is 0. The summed E-state index contributed by atoms with van der Waals surface area (Å²) in [5, 5.41) is 16.1. The van der Waals surface area contributed by atoms with Crippen molar-refractivity contribution in [2.45, 2.75) is 146 Å². The molecule has 8 aliphatic heterocycles. The molecule has 8 atom stereocenters. The molecule has 4 aromatic rings. The van der Waals surface area contributed by atoms with Crippen LogP contribution in [0.4, 0.5) is 0 Å². The second-order valence-electron chi connectivity index (χ2n) is 22.6. The van der Waals surface area contributed by atoms with Gasteiger partial charge in [0.2, 0.25) is 27.2 Å². The molecule has 9 aliphatic rings. The first kappa shape index (κ1) is 44.1. The molecule has 0 radical (unpaired) electrons. The molecule has 8 heterocycles. The number of nitrogens with one attached hydrogen (secondary N) is 4. The number of benzene rings is 4. The molecule has 1 fully saturated rings. The fraction of sp³-hybridized carbons (Fsp3) is 0.579. The van der Waals surface area contributed by atoms with Gasteiger partial charge in [-0.15, -0.1) is 0 Å². The zero-order valence-corrected chi connectivity index (χ0v) is 40.9. The van der Waals surface area contributed by atoms with Crippen molar-refractivity contribution in [2.24, 2.45) is 10.8 Å². The van der Waals surface area contributed by atoms with E-state index in [0.29, 0.717) is 50.8 Å². The summed E-state index contributed by atoms with van der Waals surface area (Å²) in [4.78, 5) is 0. The maximum Gasteiger partial charge on any atom is 0.231 e. The number of hydrogen-bond acceptors (Lipinski definition) is 12. The highest BCUT2D eigenvalue weighted by Crippen LogP contribution is 2.61. The third-order valence-corrected chi connectivity index (χ3v) is 18.4. The van der Waals surface area contributed by atoms with Crippen LogP contribution >= 0.6 is 0 Å². The van der Waals surface area contributed by atoms with Crippen molar-refractivity contribution >= 4 is 0 Å². The normalized spacial score (nSPS) is 31.8. The summed E-state index contributed by atoms with van der Waals surface area (Å²) in [6.45, 7) is 14.4. The quantitative estimate of drug-likeness (QED) is 0.108. The minimum Gasteiger partial charge on any atom is -0.454 e. The van der Waals surface area contributed by atoms with Crippen LogP contribution in [0.1, 0.15) is 191 Å². The Kier molecular flexibility index (Phi) is 11.2. The number of ether oxygens (including phenoxy) is 8. The Hall–Kier alpha value is -4.88. The lowest BCUT2D eigenvalue weighted by atomic mass is 9.68. The molecule has 366 valence electrons. The van der Waals surface area contributed by atoms with E-state index >= 15 is 0 Å². The number of hydrogen-bond donors (Lipinski definition) is 4. The molecule has 4 aromatic carbocycles. The Morgan fingerprint density at radius 1 is 0.348 bits per heavy atom. The van der Waals surface area contributed by atoms with Crippen LogP contribution in [0.15, 0.2) is 48.5 Å². The molecule has 69 heavy (non-hydrogen) atoms. The summed E-state index contributed by atoms with van der Waals surface area (Å²) in [5.41, 5.74) is 11.5. The van der Waals surface area contributed by atoms with Gasteiger partial charge in [0, 0.05) is 50.3 Å². The van der Waals surface area contributed by atoms with E-state index in [-0.39, 0.29) is 35.0 Å². The van der Waals surface area contributed by atoms with Crippen LogP contribution in [0, 0.1) is 10.8 Å². The first-order valence-electron chi connectivity index (χ1n) is 26.3. The average Bonchev–Trinajstić information content (AvgIpc) is 4.23. The fourth-order valence-corrected chi connectivity index (χ4v) is 14.4. The van der Waals surface area contributed by atoms with E-state index < -0.39 is 0 Å². The second-order valence-corrected chi connectivity index (χ2v) is 22.6. The van der Waals surface area contributed by atoms with E-state index in [2.05, 4.69) is 97.5 Å². The van der Waals surface area contributed by atoms with Gasteiger partial charge >= 0.3 is 0 Å². The molecule has 1 saturated carbocycles. The monoisotopic (exact) mass is 939 g/mol. The maximum absolute atomic E-state index is 5.99. The van der Waals surface area contributed by atoms with Gasteiger partial charge in [-0.25, -0.2) is 0 Å². The van der Waals surface area contributed by atoms with E-state index in [9.17, 15) is 0 Å². The molecule has 8 unspecified atom stereocenters. The molecule has 0 amide bonds. The topological polar surface area (TPSA) is 122 Å². The Labute approximate surface area is 407 Å². The van der Waals surface area contributed by atoms with Crippen molar-refractivity contribution in [1.29, 1.82) is 0 Å². The predicted octanol–water partition coefficient (Wildman–Crippen LogP) is 11.0. The van der Waals surface area contributed by atoms with Gasteiger partial charge in [0.15, 0.2) is 46.0 Å². The summed E-state index contributed by atoms with van der Waals surface area (Å²) in [5.74, 6) is 8.75. The molecule has 4 N–H and O–H groups in total. The summed E-state index contributed by atoms with van der Waals surface area (Å²) in [6, 6.07) is 19.3. The van der Waals surface area contributed by atoms with Gasteiger partial charge in [0.05, 0.1) is 0 Å². The van der Waals surface area contributed by atoms with Gasteiger partial charge < -0.3 is 59.2 Å². The lowest BCUT2D eigenvalue weighted by Crippen LogP contribution is -2.36. The molecule has 12 heteroatoms. The maximum atomic E-state index is 5.99. The number of fused-ring (bicyclic) bond motifs is 8. The van der Waals surface area contributed by atoms with Crippen molar-refractivity contribution in [2.75, 3.05) is 53.4 Å². The smallest absolute Gasteiger partial charge is 0.231 e. The molecular weight excluding hydrogens is 869 g/mol. The molecule has 1 aliphatic carbocycles. The highest BCUT2D eigenvalue weighted by Gasteiger charge is 2.49. The van der Waals surface area contributed by atoms with Crippen LogP contribution < -0.4 is 59.2 Å². The van der Waals surface area contributed by atoms with Crippen LogP contribution in [0.25, 0.3) is 0 Å². The van der Waals surface area contributed by atoms with E-state index in [1.54, 1.807) is 0 Å². The van der Waals surface area contributed by atoms with Gasteiger partial charge in [-0.2, -0.15) is 0 Å². The Balaban J connectivity index is 0.833. The highest BCUT2D eigenvalue weighted by atomic mass is 16.7. The van der Waals surface area contributed by atoms with Crippen molar-refractivity contribution in [1.82, 2.24) is 21.3 Å². The minimum atomic E-state index is 0.166. The lowest BCUT2D eigenvalue weighted by Gasteiger charge is -2.40. The van der Waals surface area contributed by atoms with Crippen molar-refractivity contribution in [3.05, 3.63) is 93.0 Å². The van der Waals surface area contributed by atoms with Crippen molar-refractivity contribution < 1.29 is 37.9 Å². The van der Waals surface area contributed by atoms with Gasteiger partial charge in [-0.1, -0.05) is 27.7 Å². The lowest BCUT2D eigenvalue weighted by molar-refractivity contribution is 0.146. The van der Waals surface area contributed by atoms with Crippen LogP contribution in [-0.4, -0.2) is 53.4 Å². The Morgan fingerprint density at radius 3 is 0.797 bits per heavy atom. The Morgan fingerprint density at radius 2 is 0.565 bits per heavy atom. The largest absolute Gasteiger partial charge is 0.454 e.